The third kappa shape index (κ3) is 4.61. The maximum atomic E-state index is 13.3. The second-order valence-electron chi connectivity index (χ2n) is 7.71. The Morgan fingerprint density at radius 2 is 1.80 bits per heavy atom. The molecular formula is C26H17BrCl2N4OS. The number of carbonyl (C=O) groups excluding carboxylic acids is 1. The highest BCUT2D eigenvalue weighted by molar-refractivity contribution is 9.10. The molecule has 5 rings (SSSR count). The van der Waals surface area contributed by atoms with Crippen LogP contribution < -0.4 is 0 Å². The summed E-state index contributed by atoms with van der Waals surface area (Å²) in [4.78, 5) is 18.1. The molecule has 1 atom stereocenters. The molecule has 0 spiro atoms. The Morgan fingerprint density at radius 1 is 1.06 bits per heavy atom. The highest BCUT2D eigenvalue weighted by Crippen LogP contribution is 2.45. The van der Waals surface area contributed by atoms with Crippen molar-refractivity contribution in [2.24, 2.45) is 10.9 Å². The van der Waals surface area contributed by atoms with Gasteiger partial charge in [0.2, 0.25) is 0 Å². The number of allylic oxidation sites excluding steroid dienone is 6. The summed E-state index contributed by atoms with van der Waals surface area (Å²) in [6.45, 7) is 4.35. The van der Waals surface area contributed by atoms with Gasteiger partial charge in [0.15, 0.2) is 11.0 Å². The van der Waals surface area contributed by atoms with Crippen LogP contribution >= 0.6 is 50.9 Å². The van der Waals surface area contributed by atoms with E-state index in [1.54, 1.807) is 24.3 Å². The summed E-state index contributed by atoms with van der Waals surface area (Å²) in [7, 11) is 0. The molecule has 0 saturated carbocycles. The Balaban J connectivity index is 1.68. The number of carbonyl (C=O) groups is 1. The van der Waals surface area contributed by atoms with Crippen LogP contribution in [-0.2, 0) is 11.3 Å². The van der Waals surface area contributed by atoms with Crippen LogP contribution in [0.2, 0.25) is 5.02 Å². The molecule has 0 saturated heterocycles. The van der Waals surface area contributed by atoms with Crippen molar-refractivity contribution in [3.63, 3.8) is 0 Å². The van der Waals surface area contributed by atoms with Gasteiger partial charge in [0.25, 0.3) is 5.91 Å². The maximum absolute atomic E-state index is 13.3. The van der Waals surface area contributed by atoms with Crippen molar-refractivity contribution in [3.8, 4) is 11.4 Å². The van der Waals surface area contributed by atoms with Crippen molar-refractivity contribution in [1.82, 2.24) is 14.8 Å². The van der Waals surface area contributed by atoms with Crippen molar-refractivity contribution in [2.45, 2.75) is 11.7 Å². The lowest BCUT2D eigenvalue weighted by Gasteiger charge is -2.27. The number of rotatable bonds is 6. The fourth-order valence-corrected chi connectivity index (χ4v) is 5.89. The fourth-order valence-electron chi connectivity index (χ4n) is 3.99. The maximum Gasteiger partial charge on any atom is 0.284 e. The lowest BCUT2D eigenvalue weighted by atomic mass is 9.84. The smallest absolute Gasteiger partial charge is 0.284 e. The molecule has 2 aliphatic rings. The number of amides is 1. The zero-order valence-electron chi connectivity index (χ0n) is 18.2. The molecule has 3 aromatic rings. The van der Waals surface area contributed by atoms with Crippen molar-refractivity contribution in [1.29, 1.82) is 0 Å². The molecular weight excluding hydrogens is 567 g/mol. The molecule has 1 amide bonds. The number of benzene rings is 2. The highest BCUT2D eigenvalue weighted by atomic mass is 79.9. The number of hydrogen-bond acceptors (Lipinski definition) is 4. The molecule has 2 heterocycles. The monoisotopic (exact) mass is 582 g/mol. The Bertz CT molecular complexity index is 1490. The minimum absolute atomic E-state index is 0.314. The zero-order valence-corrected chi connectivity index (χ0v) is 22.1. The summed E-state index contributed by atoms with van der Waals surface area (Å²) in [5.41, 5.74) is 3.00. The average Bonchev–Trinajstić information content (AvgIpc) is 3.23. The van der Waals surface area contributed by atoms with E-state index in [1.807, 2.05) is 53.1 Å². The van der Waals surface area contributed by atoms with Gasteiger partial charge in [-0.15, -0.1) is 16.8 Å². The molecule has 0 N–H and O–H groups in total. The molecule has 9 heteroatoms. The lowest BCUT2D eigenvalue weighted by molar-refractivity contribution is -0.113. The topological polar surface area (TPSA) is 60.1 Å². The summed E-state index contributed by atoms with van der Waals surface area (Å²) >= 11 is 17.8. The second-order valence-corrected chi connectivity index (χ2v) is 10.4. The SMILES string of the molecule is C=CCn1c(SC2=C(c3ccccc3Cl)C3C=C(Cl)C=CC3=NC2=O)nnc1-c1ccccc1Br. The van der Waals surface area contributed by atoms with Gasteiger partial charge in [-0.05, 0) is 47.2 Å². The van der Waals surface area contributed by atoms with Crippen LogP contribution in [0.4, 0.5) is 0 Å². The van der Waals surface area contributed by atoms with Crippen molar-refractivity contribution < 1.29 is 4.79 Å². The Hall–Kier alpha value is -2.71. The number of aromatic nitrogens is 3. The molecule has 174 valence electrons. The summed E-state index contributed by atoms with van der Waals surface area (Å²) in [6.07, 6.45) is 7.16. The molecule has 35 heavy (non-hydrogen) atoms. The van der Waals surface area contributed by atoms with Crippen LogP contribution in [0.5, 0.6) is 0 Å². The van der Waals surface area contributed by atoms with Gasteiger partial charge < -0.3 is 0 Å². The van der Waals surface area contributed by atoms with E-state index >= 15 is 0 Å². The van der Waals surface area contributed by atoms with Gasteiger partial charge in [0, 0.05) is 32.6 Å². The van der Waals surface area contributed by atoms with Gasteiger partial charge in [-0.2, -0.15) is 0 Å². The zero-order chi connectivity index (χ0) is 24.5. The summed E-state index contributed by atoms with van der Waals surface area (Å²) < 4.78 is 2.81. The number of thioether (sulfide) groups is 1. The van der Waals surface area contributed by atoms with Gasteiger partial charge in [0.1, 0.15) is 0 Å². The largest absolute Gasteiger partial charge is 0.298 e. The van der Waals surface area contributed by atoms with E-state index < -0.39 is 0 Å². The second kappa shape index (κ2) is 10.1. The molecule has 0 fully saturated rings. The molecule has 0 radical (unpaired) electrons. The van der Waals surface area contributed by atoms with Gasteiger partial charge in [-0.25, -0.2) is 4.99 Å². The van der Waals surface area contributed by atoms with Crippen LogP contribution in [0.15, 0.2) is 104 Å². The van der Waals surface area contributed by atoms with Crippen LogP contribution in [0, 0.1) is 5.92 Å². The first-order valence-electron chi connectivity index (χ1n) is 10.6. The Morgan fingerprint density at radius 3 is 2.54 bits per heavy atom. The van der Waals surface area contributed by atoms with E-state index in [0.717, 1.165) is 21.2 Å². The summed E-state index contributed by atoms with van der Waals surface area (Å²) in [6, 6.07) is 15.2. The van der Waals surface area contributed by atoms with Crippen LogP contribution in [-0.4, -0.2) is 26.4 Å². The molecule has 1 aromatic heterocycles. The van der Waals surface area contributed by atoms with Gasteiger partial charge in [0.05, 0.1) is 10.6 Å². The van der Waals surface area contributed by atoms with Crippen molar-refractivity contribution in [3.05, 3.63) is 104 Å². The molecule has 0 bridgehead atoms. The third-order valence-electron chi connectivity index (χ3n) is 5.54. The third-order valence-corrected chi connectivity index (χ3v) is 7.90. The molecule has 2 aromatic carbocycles. The normalized spacial score (nSPS) is 17.2. The van der Waals surface area contributed by atoms with E-state index in [4.69, 9.17) is 23.2 Å². The minimum Gasteiger partial charge on any atom is -0.298 e. The minimum atomic E-state index is -0.358. The number of fused-ring (bicyclic) bond motifs is 1. The average molecular weight is 584 g/mol. The Labute approximate surface area is 225 Å². The first-order valence-corrected chi connectivity index (χ1v) is 13.0. The number of halogens is 3. The highest BCUT2D eigenvalue weighted by Gasteiger charge is 2.34. The van der Waals surface area contributed by atoms with Crippen LogP contribution in [0.3, 0.4) is 0 Å². The first-order chi connectivity index (χ1) is 17.0. The summed E-state index contributed by atoms with van der Waals surface area (Å²) in [5, 5.41) is 10.5. The van der Waals surface area contributed by atoms with E-state index in [1.165, 1.54) is 11.8 Å². The molecule has 1 unspecified atom stereocenters. The van der Waals surface area contributed by atoms with Crippen LogP contribution in [0.1, 0.15) is 5.56 Å². The van der Waals surface area contributed by atoms with E-state index in [2.05, 4.69) is 37.7 Å². The quantitative estimate of drug-likeness (QED) is 0.285. The van der Waals surface area contributed by atoms with Gasteiger partial charge in [-0.3, -0.25) is 9.36 Å². The van der Waals surface area contributed by atoms with E-state index in [0.29, 0.717) is 38.2 Å². The van der Waals surface area contributed by atoms with Gasteiger partial charge in [-0.1, -0.05) is 87.7 Å². The van der Waals surface area contributed by atoms with Gasteiger partial charge >= 0.3 is 0 Å². The molecule has 1 aliphatic carbocycles. The fraction of sp³-hybridized carbons (Fsp3) is 0.0769. The van der Waals surface area contributed by atoms with Crippen molar-refractivity contribution >= 4 is 68.1 Å². The van der Waals surface area contributed by atoms with E-state index in [-0.39, 0.29) is 11.8 Å². The number of nitrogens with zero attached hydrogens (tertiary/aromatic N) is 4. The summed E-state index contributed by atoms with van der Waals surface area (Å²) in [5.74, 6) is -0.00953. The van der Waals surface area contributed by atoms with Crippen molar-refractivity contribution in [2.75, 3.05) is 0 Å². The number of dihydropyridines is 1. The predicted molar refractivity (Wildman–Crippen MR) is 147 cm³/mol. The Kier molecular flexibility index (Phi) is 6.93. The standard InChI is InChI=1S/C26H17BrCl2N4OS/c1-2-13-33-24(16-7-3-5-9-19(16)27)31-32-26(33)35-23-22(17-8-4-6-10-20(17)29)18-14-15(28)11-12-21(18)30-25(23)34/h2-12,14,18H,1,13H2. The lowest BCUT2D eigenvalue weighted by Crippen LogP contribution is -2.24. The van der Waals surface area contributed by atoms with E-state index in [9.17, 15) is 4.79 Å². The number of aliphatic imine (C=N–C) groups is 1. The molecule has 1 aliphatic heterocycles. The first kappa shape index (κ1) is 24.0. The number of hydrogen-bond donors (Lipinski definition) is 0. The predicted octanol–water partition coefficient (Wildman–Crippen LogP) is 7.34. The van der Waals surface area contributed by atoms with Crippen LogP contribution in [0.25, 0.3) is 17.0 Å². The molecule has 5 nitrogen and oxygen atoms in total.